The molecule has 0 N–H and O–H groups in total. The van der Waals surface area contributed by atoms with Gasteiger partial charge in [0.25, 0.3) is 0 Å². The van der Waals surface area contributed by atoms with Gasteiger partial charge in [-0.25, -0.2) is 0 Å². The van der Waals surface area contributed by atoms with Gasteiger partial charge in [-0.15, -0.1) is 12.3 Å². The van der Waals surface area contributed by atoms with Gasteiger partial charge >= 0.3 is 0 Å². The number of ketones is 1. The van der Waals surface area contributed by atoms with Crippen molar-refractivity contribution in [3.05, 3.63) is 24.0 Å². The van der Waals surface area contributed by atoms with Gasteiger partial charge in [-0.3, -0.25) is 4.79 Å². The molecule has 1 aromatic heterocycles. The van der Waals surface area contributed by atoms with Crippen LogP contribution in [0.4, 0.5) is 0 Å². The van der Waals surface area contributed by atoms with Crippen LogP contribution < -0.4 is 0 Å². The first-order valence-electron chi connectivity index (χ1n) is 4.94. The number of nitrogens with zero attached hydrogens (tertiary/aromatic N) is 1. The lowest BCUT2D eigenvalue weighted by Gasteiger charge is -1.96. The highest BCUT2D eigenvalue weighted by molar-refractivity contribution is 5.99. The molecule has 2 rings (SSSR count). The van der Waals surface area contributed by atoms with E-state index in [4.69, 9.17) is 6.42 Å². The highest BCUT2D eigenvalue weighted by Gasteiger charge is 2.30. The Morgan fingerprint density at radius 2 is 2.43 bits per heavy atom. The van der Waals surface area contributed by atoms with Crippen molar-refractivity contribution >= 4 is 5.78 Å². The Labute approximate surface area is 83.9 Å². The normalized spacial score (nSPS) is 15.1. The molecule has 1 fully saturated rings. The number of hydrogen-bond donors (Lipinski definition) is 0. The first-order chi connectivity index (χ1) is 6.81. The minimum Gasteiger partial charge on any atom is -0.353 e. The van der Waals surface area contributed by atoms with Crippen LogP contribution in [-0.2, 0) is 6.54 Å². The second kappa shape index (κ2) is 3.71. The molecule has 1 saturated carbocycles. The minimum atomic E-state index is 0.296. The zero-order valence-electron chi connectivity index (χ0n) is 8.07. The van der Waals surface area contributed by atoms with Crippen molar-refractivity contribution in [2.24, 2.45) is 5.92 Å². The van der Waals surface area contributed by atoms with E-state index in [1.54, 1.807) is 0 Å². The molecular formula is C12H13NO. The lowest BCUT2D eigenvalue weighted by atomic mass is 10.1. The molecule has 14 heavy (non-hydrogen) atoms. The van der Waals surface area contributed by atoms with Gasteiger partial charge in [-0.1, -0.05) is 0 Å². The third-order valence-corrected chi connectivity index (χ3v) is 2.50. The predicted octanol–water partition coefficient (Wildman–Crippen LogP) is 2.10. The summed E-state index contributed by atoms with van der Waals surface area (Å²) in [5, 5.41) is 0. The molecule has 0 aromatic carbocycles. The number of Topliss-reactive ketones (excluding diaryl/α,β-unsaturated/α-hetero) is 1. The van der Waals surface area contributed by atoms with E-state index in [0.29, 0.717) is 18.1 Å². The fraction of sp³-hybridized carbons (Fsp3) is 0.417. The Kier molecular flexibility index (Phi) is 2.41. The smallest absolute Gasteiger partial charge is 0.167 e. The minimum absolute atomic E-state index is 0.296. The highest BCUT2D eigenvalue weighted by Crippen LogP contribution is 2.32. The summed E-state index contributed by atoms with van der Waals surface area (Å²) in [5.74, 6) is 3.18. The van der Waals surface area contributed by atoms with Gasteiger partial charge in [0.1, 0.15) is 0 Å². The Hall–Kier alpha value is -1.49. The lowest BCUT2D eigenvalue weighted by Crippen LogP contribution is -2.00. The zero-order chi connectivity index (χ0) is 9.97. The van der Waals surface area contributed by atoms with Gasteiger partial charge < -0.3 is 4.57 Å². The second-order valence-electron chi connectivity index (χ2n) is 3.73. The predicted molar refractivity (Wildman–Crippen MR) is 54.9 cm³/mol. The van der Waals surface area contributed by atoms with E-state index < -0.39 is 0 Å². The van der Waals surface area contributed by atoms with E-state index in [1.165, 1.54) is 0 Å². The average molecular weight is 187 g/mol. The molecule has 0 bridgehead atoms. The Morgan fingerprint density at radius 3 is 3.07 bits per heavy atom. The monoisotopic (exact) mass is 187 g/mol. The van der Waals surface area contributed by atoms with E-state index in [9.17, 15) is 4.79 Å². The van der Waals surface area contributed by atoms with Crippen LogP contribution in [0.25, 0.3) is 0 Å². The van der Waals surface area contributed by atoms with Crippen LogP contribution in [0, 0.1) is 18.3 Å². The van der Waals surface area contributed by atoms with Gasteiger partial charge in [-0.05, 0) is 18.9 Å². The van der Waals surface area contributed by atoms with E-state index in [2.05, 4.69) is 5.92 Å². The van der Waals surface area contributed by atoms with Crippen molar-refractivity contribution in [1.82, 2.24) is 4.57 Å². The number of carbonyl (C=O) groups is 1. The topological polar surface area (TPSA) is 22.0 Å². The van der Waals surface area contributed by atoms with E-state index >= 15 is 0 Å². The maximum absolute atomic E-state index is 11.6. The summed E-state index contributed by atoms with van der Waals surface area (Å²) < 4.78 is 1.98. The number of terminal acetylenes is 1. The Bertz CT molecular complexity index is 379. The van der Waals surface area contributed by atoms with Gasteiger partial charge in [0.05, 0.1) is 0 Å². The van der Waals surface area contributed by atoms with Crippen LogP contribution in [0.3, 0.4) is 0 Å². The van der Waals surface area contributed by atoms with Gasteiger partial charge in [0.2, 0.25) is 0 Å². The molecule has 2 heteroatoms. The van der Waals surface area contributed by atoms with Crippen LogP contribution in [0.1, 0.15) is 29.6 Å². The third kappa shape index (κ3) is 1.88. The number of aromatic nitrogens is 1. The number of aryl methyl sites for hydroxylation is 1. The van der Waals surface area contributed by atoms with E-state index in [0.717, 1.165) is 24.9 Å². The van der Waals surface area contributed by atoms with Crippen molar-refractivity contribution in [1.29, 1.82) is 0 Å². The molecule has 2 nitrogen and oxygen atoms in total. The summed E-state index contributed by atoms with van der Waals surface area (Å²) in [5.41, 5.74) is 0.838. The largest absolute Gasteiger partial charge is 0.353 e. The highest BCUT2D eigenvalue weighted by atomic mass is 16.1. The van der Waals surface area contributed by atoms with Gasteiger partial charge in [0.15, 0.2) is 5.78 Å². The summed E-state index contributed by atoms with van der Waals surface area (Å²) >= 11 is 0. The number of hydrogen-bond acceptors (Lipinski definition) is 1. The molecule has 1 aliphatic rings. The molecule has 1 aromatic rings. The van der Waals surface area contributed by atoms with E-state index in [1.807, 2.05) is 23.0 Å². The fourth-order valence-electron chi connectivity index (χ4n) is 1.50. The Balaban J connectivity index is 2.02. The van der Waals surface area contributed by atoms with Crippen molar-refractivity contribution in [2.75, 3.05) is 0 Å². The molecule has 0 saturated heterocycles. The SMILES string of the molecule is C#CCCn1ccc(C(=O)C2CC2)c1. The summed E-state index contributed by atoms with van der Waals surface area (Å²) in [4.78, 5) is 11.6. The number of carbonyl (C=O) groups excluding carboxylic acids is 1. The average Bonchev–Trinajstić information content (AvgIpc) is 2.94. The molecule has 0 amide bonds. The van der Waals surface area contributed by atoms with Gasteiger partial charge in [0, 0.05) is 36.8 Å². The van der Waals surface area contributed by atoms with Crippen LogP contribution in [0.5, 0.6) is 0 Å². The zero-order valence-corrected chi connectivity index (χ0v) is 8.07. The molecule has 72 valence electrons. The summed E-state index contributed by atoms with van der Waals surface area (Å²) in [7, 11) is 0. The van der Waals surface area contributed by atoms with Crippen LogP contribution >= 0.6 is 0 Å². The van der Waals surface area contributed by atoms with Crippen molar-refractivity contribution in [3.63, 3.8) is 0 Å². The molecule has 0 aliphatic heterocycles. The molecule has 1 aliphatic carbocycles. The maximum atomic E-state index is 11.6. The molecule has 1 heterocycles. The number of rotatable bonds is 4. The molecule has 0 atom stereocenters. The quantitative estimate of drug-likeness (QED) is 0.522. The molecular weight excluding hydrogens is 174 g/mol. The molecule has 0 unspecified atom stereocenters. The first kappa shape index (κ1) is 9.08. The van der Waals surface area contributed by atoms with Crippen molar-refractivity contribution in [3.8, 4) is 12.3 Å². The molecule has 0 radical (unpaired) electrons. The Morgan fingerprint density at radius 1 is 1.64 bits per heavy atom. The summed E-state index contributed by atoms with van der Waals surface area (Å²) in [6.07, 6.45) is 11.8. The standard InChI is InChI=1S/C12H13NO/c1-2-3-7-13-8-6-11(9-13)12(14)10-4-5-10/h1,6,8-10H,3-5,7H2. The summed E-state index contributed by atoms with van der Waals surface area (Å²) in [6.45, 7) is 0.800. The van der Waals surface area contributed by atoms with Gasteiger partial charge in [-0.2, -0.15) is 0 Å². The first-order valence-corrected chi connectivity index (χ1v) is 4.94. The fourth-order valence-corrected chi connectivity index (χ4v) is 1.50. The summed E-state index contributed by atoms with van der Waals surface area (Å²) in [6, 6.07) is 1.89. The second-order valence-corrected chi connectivity index (χ2v) is 3.73. The van der Waals surface area contributed by atoms with Crippen molar-refractivity contribution in [2.45, 2.75) is 25.8 Å². The van der Waals surface area contributed by atoms with Crippen LogP contribution in [-0.4, -0.2) is 10.4 Å². The maximum Gasteiger partial charge on any atom is 0.167 e. The third-order valence-electron chi connectivity index (χ3n) is 2.50. The van der Waals surface area contributed by atoms with Crippen LogP contribution in [0.2, 0.25) is 0 Å². The van der Waals surface area contributed by atoms with Crippen LogP contribution in [0.15, 0.2) is 18.5 Å². The molecule has 0 spiro atoms. The van der Waals surface area contributed by atoms with E-state index in [-0.39, 0.29) is 0 Å². The van der Waals surface area contributed by atoms with Crippen molar-refractivity contribution < 1.29 is 4.79 Å². The lowest BCUT2D eigenvalue weighted by molar-refractivity contribution is 0.0967.